The van der Waals surface area contributed by atoms with Crippen LogP contribution in [0.2, 0.25) is 10.0 Å². The molecule has 10 heteroatoms. The third-order valence-corrected chi connectivity index (χ3v) is 8.43. The number of amides is 3. The SMILES string of the molecule is CNC(=O)[C@@H]1NC2(CCN(C(C)=O)CC2)[C@]2(C(=O)Nc3cc(Cl)ccc32)[C@H]1c1cccc(Cl)c1F. The second-order valence-electron chi connectivity index (χ2n) is 9.40. The van der Waals surface area contributed by atoms with Gasteiger partial charge in [0.1, 0.15) is 11.2 Å². The molecular weight excluding hydrogens is 494 g/mol. The Morgan fingerprint density at radius 1 is 1.17 bits per heavy atom. The number of carbonyl (C=O) groups excluding carboxylic acids is 3. The molecule has 0 bridgehead atoms. The fraction of sp³-hybridized carbons (Fsp3) is 0.400. The number of likely N-dealkylation sites (N-methyl/N-ethyl adjacent to an activating group) is 1. The summed E-state index contributed by atoms with van der Waals surface area (Å²) in [7, 11) is 1.51. The first-order chi connectivity index (χ1) is 16.7. The number of fused-ring (bicyclic) bond motifs is 3. The fourth-order valence-electron chi connectivity index (χ4n) is 6.42. The number of nitrogens with one attached hydrogen (secondary N) is 3. The largest absolute Gasteiger partial charge is 0.358 e. The van der Waals surface area contributed by atoms with E-state index in [1.54, 1.807) is 35.2 Å². The molecule has 0 aromatic heterocycles. The van der Waals surface area contributed by atoms with Gasteiger partial charge in [-0.1, -0.05) is 41.4 Å². The lowest BCUT2D eigenvalue weighted by molar-refractivity contribution is -0.132. The van der Waals surface area contributed by atoms with Gasteiger partial charge in [0.2, 0.25) is 17.7 Å². The van der Waals surface area contributed by atoms with Gasteiger partial charge in [0, 0.05) is 49.2 Å². The summed E-state index contributed by atoms with van der Waals surface area (Å²) in [6.45, 7) is 2.30. The minimum Gasteiger partial charge on any atom is -0.358 e. The third kappa shape index (κ3) is 3.30. The molecule has 0 saturated carbocycles. The molecule has 0 aliphatic carbocycles. The molecule has 7 nitrogen and oxygen atoms in total. The topological polar surface area (TPSA) is 90.5 Å². The van der Waals surface area contributed by atoms with Crippen LogP contribution in [0.5, 0.6) is 0 Å². The van der Waals surface area contributed by atoms with Gasteiger partial charge in [0.25, 0.3) is 0 Å². The molecule has 5 rings (SSSR count). The highest BCUT2D eigenvalue weighted by molar-refractivity contribution is 6.31. The zero-order chi connectivity index (χ0) is 25.1. The van der Waals surface area contributed by atoms with E-state index < -0.39 is 28.7 Å². The highest BCUT2D eigenvalue weighted by Crippen LogP contribution is 2.61. The lowest BCUT2D eigenvalue weighted by atomic mass is 9.56. The van der Waals surface area contributed by atoms with Crippen LogP contribution in [-0.2, 0) is 19.8 Å². The van der Waals surface area contributed by atoms with Crippen molar-refractivity contribution in [2.24, 2.45) is 0 Å². The Hall–Kier alpha value is -2.68. The molecule has 0 radical (unpaired) electrons. The number of benzene rings is 2. The number of hydrogen-bond acceptors (Lipinski definition) is 4. The van der Waals surface area contributed by atoms with Gasteiger partial charge >= 0.3 is 0 Å². The molecule has 3 aliphatic rings. The zero-order valence-corrected chi connectivity index (χ0v) is 20.8. The van der Waals surface area contributed by atoms with Crippen LogP contribution in [0.15, 0.2) is 36.4 Å². The molecule has 35 heavy (non-hydrogen) atoms. The van der Waals surface area contributed by atoms with Crippen LogP contribution in [0.1, 0.15) is 36.8 Å². The van der Waals surface area contributed by atoms with Gasteiger partial charge in [-0.3, -0.25) is 19.7 Å². The summed E-state index contributed by atoms with van der Waals surface area (Å²) in [6, 6.07) is 8.85. The molecule has 3 atom stereocenters. The molecule has 2 fully saturated rings. The Balaban J connectivity index is 1.80. The van der Waals surface area contributed by atoms with E-state index in [1.165, 1.54) is 20.0 Å². The van der Waals surface area contributed by atoms with Crippen LogP contribution in [0.4, 0.5) is 10.1 Å². The zero-order valence-electron chi connectivity index (χ0n) is 19.3. The Kier molecular flexibility index (Phi) is 5.81. The number of likely N-dealkylation sites (tertiary alicyclic amines) is 1. The van der Waals surface area contributed by atoms with Crippen LogP contribution in [0.25, 0.3) is 0 Å². The molecular formula is C25H25Cl2FN4O3. The van der Waals surface area contributed by atoms with Crippen molar-refractivity contribution in [2.75, 3.05) is 25.5 Å². The van der Waals surface area contributed by atoms with Crippen molar-refractivity contribution in [2.45, 2.75) is 42.7 Å². The highest BCUT2D eigenvalue weighted by atomic mass is 35.5. The van der Waals surface area contributed by atoms with Gasteiger partial charge in [0.15, 0.2) is 0 Å². The number of piperidine rings is 1. The van der Waals surface area contributed by atoms with E-state index in [1.807, 2.05) is 0 Å². The van der Waals surface area contributed by atoms with Crippen LogP contribution >= 0.6 is 23.2 Å². The first-order valence-corrected chi connectivity index (χ1v) is 12.2. The van der Waals surface area contributed by atoms with Crippen molar-refractivity contribution in [3.05, 3.63) is 63.4 Å². The minimum absolute atomic E-state index is 0.0600. The van der Waals surface area contributed by atoms with Crippen LogP contribution in [0.3, 0.4) is 0 Å². The summed E-state index contributed by atoms with van der Waals surface area (Å²) < 4.78 is 15.6. The van der Waals surface area contributed by atoms with Gasteiger partial charge in [-0.2, -0.15) is 0 Å². The average Bonchev–Trinajstić information content (AvgIpc) is 3.28. The van der Waals surface area contributed by atoms with E-state index >= 15 is 4.39 Å². The smallest absolute Gasteiger partial charge is 0.237 e. The number of nitrogens with zero attached hydrogens (tertiary/aromatic N) is 1. The Labute approximate surface area is 212 Å². The standard InChI is InChI=1S/C25H25Cl2FN4O3/c1-13(33)32-10-8-24(9-11-32)25(16-7-6-14(26)12-18(16)30-23(25)35)19(21(31-24)22(34)29-2)15-4-3-5-17(27)20(15)28/h3-7,12,19,21,31H,8-11H2,1-2H3,(H,29,34)(H,30,35)/t19-,21+,25-/m0/s1. The van der Waals surface area contributed by atoms with E-state index in [9.17, 15) is 14.4 Å². The van der Waals surface area contributed by atoms with Crippen molar-refractivity contribution < 1.29 is 18.8 Å². The van der Waals surface area contributed by atoms with Gasteiger partial charge in [-0.25, -0.2) is 4.39 Å². The van der Waals surface area contributed by atoms with Gasteiger partial charge in [-0.15, -0.1) is 0 Å². The predicted octanol–water partition coefficient (Wildman–Crippen LogP) is 3.21. The number of rotatable bonds is 2. The second kappa shape index (κ2) is 8.47. The molecule has 3 N–H and O–H groups in total. The van der Waals surface area contributed by atoms with Gasteiger partial charge in [-0.05, 0) is 42.2 Å². The lowest BCUT2D eigenvalue weighted by Gasteiger charge is -2.49. The monoisotopic (exact) mass is 518 g/mol. The molecule has 3 heterocycles. The predicted molar refractivity (Wildman–Crippen MR) is 131 cm³/mol. The minimum atomic E-state index is -1.35. The van der Waals surface area contributed by atoms with E-state index in [2.05, 4.69) is 16.0 Å². The summed E-state index contributed by atoms with van der Waals surface area (Å²) in [5, 5.41) is 9.46. The average molecular weight is 519 g/mol. The summed E-state index contributed by atoms with van der Waals surface area (Å²) in [4.78, 5) is 41.2. The Morgan fingerprint density at radius 2 is 1.89 bits per heavy atom. The van der Waals surface area contributed by atoms with Crippen LogP contribution in [-0.4, -0.2) is 54.3 Å². The van der Waals surface area contributed by atoms with Crippen LogP contribution < -0.4 is 16.0 Å². The molecule has 0 unspecified atom stereocenters. The lowest BCUT2D eigenvalue weighted by Crippen LogP contribution is -2.64. The highest BCUT2D eigenvalue weighted by Gasteiger charge is 2.72. The molecule has 184 valence electrons. The van der Waals surface area contributed by atoms with Gasteiger partial charge < -0.3 is 15.5 Å². The van der Waals surface area contributed by atoms with E-state index in [0.29, 0.717) is 42.2 Å². The molecule has 2 spiro atoms. The van der Waals surface area contributed by atoms with E-state index in [4.69, 9.17) is 23.2 Å². The number of halogens is 3. The van der Waals surface area contributed by atoms with Crippen molar-refractivity contribution in [3.63, 3.8) is 0 Å². The van der Waals surface area contributed by atoms with Crippen molar-refractivity contribution >= 4 is 46.6 Å². The molecule has 2 aromatic carbocycles. The molecule has 2 saturated heterocycles. The molecule has 2 aromatic rings. The maximum atomic E-state index is 15.6. The molecule has 3 amide bonds. The quantitative estimate of drug-likeness (QED) is 0.569. The fourth-order valence-corrected chi connectivity index (χ4v) is 6.78. The second-order valence-corrected chi connectivity index (χ2v) is 10.2. The van der Waals surface area contributed by atoms with Gasteiger partial charge in [0.05, 0.1) is 11.1 Å². The third-order valence-electron chi connectivity index (χ3n) is 7.91. The number of carbonyl (C=O) groups is 3. The Morgan fingerprint density at radius 3 is 2.54 bits per heavy atom. The van der Waals surface area contributed by atoms with Crippen molar-refractivity contribution in [1.29, 1.82) is 0 Å². The number of anilines is 1. The van der Waals surface area contributed by atoms with E-state index in [0.717, 1.165) is 0 Å². The van der Waals surface area contributed by atoms with Crippen molar-refractivity contribution in [3.8, 4) is 0 Å². The number of hydrogen-bond donors (Lipinski definition) is 3. The summed E-state index contributed by atoms with van der Waals surface area (Å²) in [5.74, 6) is -2.34. The summed E-state index contributed by atoms with van der Waals surface area (Å²) in [6.07, 6.45) is 0.794. The maximum Gasteiger partial charge on any atom is 0.237 e. The molecule has 3 aliphatic heterocycles. The van der Waals surface area contributed by atoms with Crippen molar-refractivity contribution in [1.82, 2.24) is 15.5 Å². The normalized spacial score (nSPS) is 26.7. The maximum absolute atomic E-state index is 15.6. The first kappa shape index (κ1) is 24.0. The van der Waals surface area contributed by atoms with E-state index in [-0.39, 0.29) is 28.3 Å². The summed E-state index contributed by atoms with van der Waals surface area (Å²) >= 11 is 12.4. The summed E-state index contributed by atoms with van der Waals surface area (Å²) in [5.41, 5.74) is -0.923. The Bertz CT molecular complexity index is 1250. The van der Waals surface area contributed by atoms with Crippen LogP contribution in [0, 0.1) is 5.82 Å². The first-order valence-electron chi connectivity index (χ1n) is 11.5.